The van der Waals surface area contributed by atoms with Crippen LogP contribution in [-0.4, -0.2) is 18.1 Å². The van der Waals surface area contributed by atoms with Crippen LogP contribution in [0.2, 0.25) is 5.02 Å². The summed E-state index contributed by atoms with van der Waals surface area (Å²) < 4.78 is 0. The van der Waals surface area contributed by atoms with Gasteiger partial charge in [0.2, 0.25) is 5.91 Å². The van der Waals surface area contributed by atoms with Gasteiger partial charge in [0.1, 0.15) is 0 Å². The van der Waals surface area contributed by atoms with Gasteiger partial charge in [-0.25, -0.2) is 0 Å². The summed E-state index contributed by atoms with van der Waals surface area (Å²) in [5.74, 6) is 0.00972. The molecule has 0 atom stereocenters. The molecule has 0 radical (unpaired) electrons. The Bertz CT molecular complexity index is 352. The molecule has 1 rings (SSSR count). The second-order valence-electron chi connectivity index (χ2n) is 3.26. The third-order valence-corrected chi connectivity index (χ3v) is 2.57. The van der Waals surface area contributed by atoms with E-state index in [-0.39, 0.29) is 12.5 Å². The van der Waals surface area contributed by atoms with Crippen molar-refractivity contribution in [2.24, 2.45) is 0 Å². The molecule has 0 fully saturated rings. The molecule has 0 aromatic heterocycles. The second-order valence-corrected chi connectivity index (χ2v) is 3.66. The van der Waals surface area contributed by atoms with Gasteiger partial charge in [0.05, 0.1) is 6.61 Å². The normalized spacial score (nSPS) is 10.1. The Kier molecular flexibility index (Phi) is 4.59. The average molecular weight is 228 g/mol. The molecule has 0 bridgehead atoms. The predicted octanol–water partition coefficient (Wildman–Crippen LogP) is 1.51. The Hall–Kier alpha value is -1.06. The molecule has 15 heavy (non-hydrogen) atoms. The number of rotatable bonds is 4. The first-order valence-corrected chi connectivity index (χ1v) is 5.14. The Morgan fingerprint density at radius 1 is 1.53 bits per heavy atom. The molecular formula is C11H14ClNO2. The third-order valence-electron chi connectivity index (χ3n) is 2.20. The van der Waals surface area contributed by atoms with Gasteiger partial charge in [-0.1, -0.05) is 23.7 Å². The van der Waals surface area contributed by atoms with Crippen molar-refractivity contribution in [3.05, 3.63) is 34.3 Å². The average Bonchev–Trinajstić information content (AvgIpc) is 2.27. The van der Waals surface area contributed by atoms with Crippen LogP contribution in [0.15, 0.2) is 18.2 Å². The minimum Gasteiger partial charge on any atom is -0.392 e. The van der Waals surface area contributed by atoms with E-state index in [0.717, 1.165) is 5.56 Å². The van der Waals surface area contributed by atoms with E-state index < -0.39 is 0 Å². The third kappa shape index (κ3) is 3.53. The fraction of sp³-hybridized carbons (Fsp3) is 0.364. The molecule has 3 nitrogen and oxygen atoms in total. The molecule has 1 aromatic rings. The molecule has 0 aliphatic heterocycles. The van der Waals surface area contributed by atoms with Gasteiger partial charge in [-0.2, -0.15) is 0 Å². The topological polar surface area (TPSA) is 49.3 Å². The highest BCUT2D eigenvalue weighted by molar-refractivity contribution is 6.31. The van der Waals surface area contributed by atoms with E-state index in [2.05, 4.69) is 5.32 Å². The SMILES string of the molecule is CNC(=O)CCc1ccc(Cl)c(CO)c1. The standard InChI is InChI=1S/C11H14ClNO2/c1-13-11(15)5-3-8-2-4-10(12)9(6-8)7-14/h2,4,6,14H,3,5,7H2,1H3,(H,13,15). The van der Waals surface area contributed by atoms with Crippen molar-refractivity contribution in [3.63, 3.8) is 0 Å². The molecule has 0 unspecified atom stereocenters. The van der Waals surface area contributed by atoms with E-state index in [1.807, 2.05) is 12.1 Å². The number of nitrogens with one attached hydrogen (secondary N) is 1. The van der Waals surface area contributed by atoms with Gasteiger partial charge in [0.25, 0.3) is 0 Å². The molecule has 0 spiro atoms. The van der Waals surface area contributed by atoms with Crippen molar-refractivity contribution < 1.29 is 9.90 Å². The van der Waals surface area contributed by atoms with E-state index in [9.17, 15) is 4.79 Å². The number of amides is 1. The van der Waals surface area contributed by atoms with Crippen LogP contribution in [0, 0.1) is 0 Å². The molecule has 0 saturated heterocycles. The summed E-state index contributed by atoms with van der Waals surface area (Å²) in [6, 6.07) is 5.43. The molecule has 2 N–H and O–H groups in total. The molecule has 0 aliphatic rings. The van der Waals surface area contributed by atoms with Crippen LogP contribution >= 0.6 is 11.6 Å². The minimum absolute atomic E-state index is 0.00972. The first-order valence-electron chi connectivity index (χ1n) is 4.76. The highest BCUT2D eigenvalue weighted by atomic mass is 35.5. The lowest BCUT2D eigenvalue weighted by Crippen LogP contribution is -2.17. The lowest BCUT2D eigenvalue weighted by molar-refractivity contribution is -0.120. The second kappa shape index (κ2) is 5.73. The smallest absolute Gasteiger partial charge is 0.220 e. The van der Waals surface area contributed by atoms with Gasteiger partial charge < -0.3 is 10.4 Å². The lowest BCUT2D eigenvalue weighted by Gasteiger charge is -2.05. The van der Waals surface area contributed by atoms with Gasteiger partial charge in [-0.05, 0) is 23.6 Å². The summed E-state index contributed by atoms with van der Waals surface area (Å²) in [6.45, 7) is -0.0767. The van der Waals surface area contributed by atoms with Gasteiger partial charge in [0.15, 0.2) is 0 Å². The van der Waals surface area contributed by atoms with Crippen molar-refractivity contribution >= 4 is 17.5 Å². The van der Waals surface area contributed by atoms with Gasteiger partial charge in [-0.3, -0.25) is 4.79 Å². The number of benzene rings is 1. The number of aliphatic hydroxyl groups is 1. The maximum Gasteiger partial charge on any atom is 0.220 e. The van der Waals surface area contributed by atoms with Crippen molar-refractivity contribution in [3.8, 4) is 0 Å². The fourth-order valence-corrected chi connectivity index (χ4v) is 1.46. The Morgan fingerprint density at radius 2 is 2.27 bits per heavy atom. The van der Waals surface area contributed by atoms with E-state index >= 15 is 0 Å². The van der Waals surface area contributed by atoms with Crippen molar-refractivity contribution in [2.75, 3.05) is 7.05 Å². The van der Waals surface area contributed by atoms with Crippen LogP contribution in [0.4, 0.5) is 0 Å². The first kappa shape index (κ1) is 12.0. The molecule has 0 heterocycles. The zero-order valence-electron chi connectivity index (χ0n) is 8.59. The monoisotopic (exact) mass is 227 g/mol. The highest BCUT2D eigenvalue weighted by Gasteiger charge is 2.03. The first-order chi connectivity index (χ1) is 7.17. The zero-order chi connectivity index (χ0) is 11.3. The Labute approximate surface area is 94.1 Å². The molecule has 4 heteroatoms. The number of halogens is 1. The van der Waals surface area contributed by atoms with Crippen LogP contribution in [0.5, 0.6) is 0 Å². The van der Waals surface area contributed by atoms with E-state index in [1.54, 1.807) is 13.1 Å². The number of carbonyl (C=O) groups excluding carboxylic acids is 1. The molecular weight excluding hydrogens is 214 g/mol. The van der Waals surface area contributed by atoms with Crippen LogP contribution < -0.4 is 5.32 Å². The van der Waals surface area contributed by atoms with E-state index in [1.165, 1.54) is 0 Å². The van der Waals surface area contributed by atoms with E-state index in [0.29, 0.717) is 23.4 Å². The fourth-order valence-electron chi connectivity index (χ4n) is 1.29. The largest absolute Gasteiger partial charge is 0.392 e. The molecule has 0 aliphatic carbocycles. The lowest BCUT2D eigenvalue weighted by atomic mass is 10.1. The number of carbonyl (C=O) groups is 1. The molecule has 0 saturated carbocycles. The molecule has 1 aromatic carbocycles. The molecule has 82 valence electrons. The van der Waals surface area contributed by atoms with Gasteiger partial charge in [-0.15, -0.1) is 0 Å². The summed E-state index contributed by atoms with van der Waals surface area (Å²) in [6.07, 6.45) is 1.10. The van der Waals surface area contributed by atoms with Crippen LogP contribution in [-0.2, 0) is 17.8 Å². The zero-order valence-corrected chi connectivity index (χ0v) is 9.34. The summed E-state index contributed by atoms with van der Waals surface area (Å²) in [5.41, 5.74) is 1.71. The van der Waals surface area contributed by atoms with Crippen molar-refractivity contribution in [1.29, 1.82) is 0 Å². The maximum absolute atomic E-state index is 11.0. The summed E-state index contributed by atoms with van der Waals surface area (Å²) >= 11 is 5.85. The summed E-state index contributed by atoms with van der Waals surface area (Å²) in [5, 5.41) is 12.1. The van der Waals surface area contributed by atoms with Crippen LogP contribution in [0.3, 0.4) is 0 Å². The quantitative estimate of drug-likeness (QED) is 0.819. The van der Waals surface area contributed by atoms with E-state index in [4.69, 9.17) is 16.7 Å². The number of aryl methyl sites for hydroxylation is 1. The Balaban J connectivity index is 2.66. The number of hydrogen-bond donors (Lipinski definition) is 2. The number of aliphatic hydroxyl groups excluding tert-OH is 1. The van der Waals surface area contributed by atoms with Gasteiger partial charge >= 0.3 is 0 Å². The minimum atomic E-state index is -0.0767. The van der Waals surface area contributed by atoms with Crippen molar-refractivity contribution in [2.45, 2.75) is 19.4 Å². The van der Waals surface area contributed by atoms with Crippen LogP contribution in [0.25, 0.3) is 0 Å². The number of hydrogen-bond acceptors (Lipinski definition) is 2. The maximum atomic E-state index is 11.0. The summed E-state index contributed by atoms with van der Waals surface area (Å²) in [4.78, 5) is 11.0. The predicted molar refractivity (Wildman–Crippen MR) is 59.8 cm³/mol. The van der Waals surface area contributed by atoms with Gasteiger partial charge in [0, 0.05) is 18.5 Å². The van der Waals surface area contributed by atoms with Crippen LogP contribution in [0.1, 0.15) is 17.5 Å². The Morgan fingerprint density at radius 3 is 2.87 bits per heavy atom. The van der Waals surface area contributed by atoms with Crippen molar-refractivity contribution in [1.82, 2.24) is 5.32 Å². The highest BCUT2D eigenvalue weighted by Crippen LogP contribution is 2.18. The summed E-state index contributed by atoms with van der Waals surface area (Å²) in [7, 11) is 1.61. The molecule has 1 amide bonds.